The van der Waals surface area contributed by atoms with Crippen LogP contribution in [-0.2, 0) is 4.79 Å². The molecule has 3 nitrogen and oxygen atoms in total. The van der Waals surface area contributed by atoms with E-state index in [0.717, 1.165) is 19.3 Å². The van der Waals surface area contributed by atoms with Crippen molar-refractivity contribution < 1.29 is 4.79 Å². The minimum Gasteiger partial charge on any atom is -0.358 e. The first-order valence-corrected chi connectivity index (χ1v) is 4.62. The molecule has 0 spiro atoms. The van der Waals surface area contributed by atoms with E-state index in [1.54, 1.807) is 7.05 Å². The molecule has 1 atom stereocenters. The van der Waals surface area contributed by atoms with E-state index < -0.39 is 5.54 Å². The minimum absolute atomic E-state index is 0.0408. The third-order valence-corrected chi connectivity index (χ3v) is 2.37. The standard InChI is InChI=1S/C10H20N2O/c1-5-6-7-8-10(2,12-4)9(13)11-3/h5,12H,1,6-8H2,2-4H3,(H,11,13)/t10-/m0/s1. The van der Waals surface area contributed by atoms with Gasteiger partial charge in [0.1, 0.15) is 0 Å². The van der Waals surface area contributed by atoms with E-state index in [2.05, 4.69) is 17.2 Å². The van der Waals surface area contributed by atoms with Crippen molar-refractivity contribution in [3.63, 3.8) is 0 Å². The van der Waals surface area contributed by atoms with Crippen LogP contribution in [0.1, 0.15) is 26.2 Å². The van der Waals surface area contributed by atoms with Gasteiger partial charge in [0.25, 0.3) is 0 Å². The summed E-state index contributed by atoms with van der Waals surface area (Å²) >= 11 is 0. The highest BCUT2D eigenvalue weighted by Crippen LogP contribution is 2.13. The molecule has 0 aliphatic carbocycles. The van der Waals surface area contributed by atoms with Crippen LogP contribution in [0.3, 0.4) is 0 Å². The zero-order valence-corrected chi connectivity index (χ0v) is 8.81. The Morgan fingerprint density at radius 3 is 2.54 bits per heavy atom. The zero-order valence-electron chi connectivity index (χ0n) is 8.81. The predicted molar refractivity (Wildman–Crippen MR) is 55.6 cm³/mol. The van der Waals surface area contributed by atoms with Gasteiger partial charge in [-0.25, -0.2) is 0 Å². The maximum atomic E-state index is 11.5. The summed E-state index contributed by atoms with van der Waals surface area (Å²) in [4.78, 5) is 11.5. The molecule has 0 unspecified atom stereocenters. The molecule has 0 radical (unpaired) electrons. The van der Waals surface area contributed by atoms with E-state index >= 15 is 0 Å². The number of rotatable bonds is 6. The Labute approximate surface area is 80.6 Å². The fourth-order valence-corrected chi connectivity index (χ4v) is 1.23. The fraction of sp³-hybridized carbons (Fsp3) is 0.700. The third kappa shape index (κ3) is 3.59. The van der Waals surface area contributed by atoms with Crippen molar-refractivity contribution >= 4 is 5.91 Å². The lowest BCUT2D eigenvalue weighted by atomic mass is 9.94. The Bertz CT molecular complexity index is 180. The molecule has 13 heavy (non-hydrogen) atoms. The van der Waals surface area contributed by atoms with Crippen molar-refractivity contribution in [3.8, 4) is 0 Å². The SMILES string of the molecule is C=CCCC[C@](C)(NC)C(=O)NC. The Hall–Kier alpha value is -0.830. The number of unbranched alkanes of at least 4 members (excludes halogenated alkanes) is 1. The number of allylic oxidation sites excluding steroid dienone is 1. The molecule has 0 fully saturated rings. The average molecular weight is 184 g/mol. The van der Waals surface area contributed by atoms with Gasteiger partial charge in [-0.2, -0.15) is 0 Å². The van der Waals surface area contributed by atoms with Gasteiger partial charge in [-0.3, -0.25) is 4.79 Å². The predicted octanol–water partition coefficient (Wildman–Crippen LogP) is 1.07. The van der Waals surface area contributed by atoms with Crippen molar-refractivity contribution in [1.82, 2.24) is 10.6 Å². The maximum Gasteiger partial charge on any atom is 0.239 e. The van der Waals surface area contributed by atoms with Gasteiger partial charge in [0, 0.05) is 7.05 Å². The van der Waals surface area contributed by atoms with Crippen molar-refractivity contribution in [1.29, 1.82) is 0 Å². The van der Waals surface area contributed by atoms with E-state index in [1.165, 1.54) is 0 Å². The van der Waals surface area contributed by atoms with Crippen LogP contribution in [-0.4, -0.2) is 25.5 Å². The van der Waals surface area contributed by atoms with Crippen LogP contribution in [0.5, 0.6) is 0 Å². The first-order valence-electron chi connectivity index (χ1n) is 4.62. The largest absolute Gasteiger partial charge is 0.358 e. The number of hydrogen-bond acceptors (Lipinski definition) is 2. The Morgan fingerprint density at radius 2 is 2.15 bits per heavy atom. The smallest absolute Gasteiger partial charge is 0.239 e. The van der Waals surface area contributed by atoms with Crippen molar-refractivity contribution in [3.05, 3.63) is 12.7 Å². The highest BCUT2D eigenvalue weighted by Gasteiger charge is 2.29. The average Bonchev–Trinajstić information content (AvgIpc) is 2.16. The highest BCUT2D eigenvalue weighted by molar-refractivity contribution is 5.85. The van der Waals surface area contributed by atoms with E-state index in [9.17, 15) is 4.79 Å². The monoisotopic (exact) mass is 184 g/mol. The molecular formula is C10H20N2O. The molecule has 0 saturated carbocycles. The topological polar surface area (TPSA) is 41.1 Å². The second-order valence-corrected chi connectivity index (χ2v) is 3.34. The normalized spacial score (nSPS) is 14.7. The molecule has 2 N–H and O–H groups in total. The van der Waals surface area contributed by atoms with Gasteiger partial charge < -0.3 is 10.6 Å². The molecule has 1 amide bonds. The summed E-state index contributed by atoms with van der Waals surface area (Å²) in [5, 5.41) is 5.70. The van der Waals surface area contributed by atoms with Gasteiger partial charge in [0.2, 0.25) is 5.91 Å². The molecule has 0 bridgehead atoms. The Morgan fingerprint density at radius 1 is 1.54 bits per heavy atom. The van der Waals surface area contributed by atoms with Gasteiger partial charge in [-0.05, 0) is 33.2 Å². The second kappa shape index (κ2) is 5.75. The number of hydrogen-bond donors (Lipinski definition) is 2. The molecule has 0 aromatic heterocycles. The number of likely N-dealkylation sites (N-methyl/N-ethyl adjacent to an activating group) is 2. The highest BCUT2D eigenvalue weighted by atomic mass is 16.2. The molecular weight excluding hydrogens is 164 g/mol. The maximum absolute atomic E-state index is 11.5. The van der Waals surface area contributed by atoms with Crippen LogP contribution in [0.15, 0.2) is 12.7 Å². The molecule has 0 aliphatic heterocycles. The summed E-state index contributed by atoms with van der Waals surface area (Å²) in [7, 11) is 3.47. The lowest BCUT2D eigenvalue weighted by molar-refractivity contribution is -0.126. The molecule has 0 heterocycles. The van der Waals surface area contributed by atoms with E-state index in [4.69, 9.17) is 0 Å². The molecule has 0 aromatic rings. The van der Waals surface area contributed by atoms with Crippen molar-refractivity contribution in [2.24, 2.45) is 0 Å². The summed E-state index contributed by atoms with van der Waals surface area (Å²) in [6.45, 7) is 5.56. The van der Waals surface area contributed by atoms with Crippen molar-refractivity contribution in [2.75, 3.05) is 14.1 Å². The Kier molecular flexibility index (Phi) is 5.39. The van der Waals surface area contributed by atoms with Crippen LogP contribution < -0.4 is 10.6 Å². The molecule has 76 valence electrons. The van der Waals surface area contributed by atoms with Gasteiger partial charge in [-0.15, -0.1) is 6.58 Å². The van der Waals surface area contributed by atoms with Crippen LogP contribution in [0.25, 0.3) is 0 Å². The number of carbonyl (C=O) groups is 1. The number of nitrogens with one attached hydrogen (secondary N) is 2. The lowest BCUT2D eigenvalue weighted by Crippen LogP contribution is -2.52. The molecule has 0 aromatic carbocycles. The minimum atomic E-state index is -0.447. The molecule has 0 saturated heterocycles. The summed E-state index contributed by atoms with van der Waals surface area (Å²) in [5.74, 6) is 0.0408. The molecule has 3 heteroatoms. The Balaban J connectivity index is 4.10. The number of carbonyl (C=O) groups excluding carboxylic acids is 1. The fourth-order valence-electron chi connectivity index (χ4n) is 1.23. The quantitative estimate of drug-likeness (QED) is 0.479. The second-order valence-electron chi connectivity index (χ2n) is 3.34. The van der Waals surface area contributed by atoms with Crippen LogP contribution in [0.4, 0.5) is 0 Å². The summed E-state index contributed by atoms with van der Waals surface area (Å²) in [6, 6.07) is 0. The van der Waals surface area contributed by atoms with Crippen LogP contribution in [0, 0.1) is 0 Å². The third-order valence-electron chi connectivity index (χ3n) is 2.37. The van der Waals surface area contributed by atoms with Crippen LogP contribution in [0.2, 0.25) is 0 Å². The van der Waals surface area contributed by atoms with E-state index in [-0.39, 0.29) is 5.91 Å². The number of amides is 1. The van der Waals surface area contributed by atoms with E-state index in [0.29, 0.717) is 0 Å². The first-order chi connectivity index (χ1) is 6.10. The summed E-state index contributed by atoms with van der Waals surface area (Å²) < 4.78 is 0. The van der Waals surface area contributed by atoms with Gasteiger partial charge in [0.05, 0.1) is 5.54 Å². The summed E-state index contributed by atoms with van der Waals surface area (Å²) in [6.07, 6.45) is 4.64. The molecule has 0 aliphatic rings. The van der Waals surface area contributed by atoms with Crippen molar-refractivity contribution in [2.45, 2.75) is 31.7 Å². The van der Waals surface area contributed by atoms with Gasteiger partial charge in [0.15, 0.2) is 0 Å². The lowest BCUT2D eigenvalue weighted by Gasteiger charge is -2.26. The zero-order chi connectivity index (χ0) is 10.3. The molecule has 0 rings (SSSR count). The van der Waals surface area contributed by atoms with Gasteiger partial charge in [-0.1, -0.05) is 6.08 Å². The van der Waals surface area contributed by atoms with Crippen LogP contribution >= 0.6 is 0 Å². The first kappa shape index (κ1) is 12.2. The summed E-state index contributed by atoms with van der Waals surface area (Å²) in [5.41, 5.74) is -0.447. The van der Waals surface area contributed by atoms with Gasteiger partial charge >= 0.3 is 0 Å². The van der Waals surface area contributed by atoms with E-state index in [1.807, 2.05) is 20.0 Å².